The summed E-state index contributed by atoms with van der Waals surface area (Å²) in [7, 11) is 0. The van der Waals surface area contributed by atoms with Crippen molar-refractivity contribution in [1.29, 1.82) is 0 Å². The third-order valence-electron chi connectivity index (χ3n) is 5.51. The standard InChI is InChI=1S/C19H13N2.C12H9N3O2.Ir/c1-3-9-16(10-4-1)20-15-21(17-11-5-2-6-12-17)19-14-8-7-13-18(19)20;16-11(9-5-1-3-7-13-9)15-12(17)10-6-2-4-8-14-10;/h1-9,11,13-15H;1-8H,(H,15,16,17);/q-1;;+3/p-1. The molecule has 7 nitrogen and oxygen atoms in total. The summed E-state index contributed by atoms with van der Waals surface area (Å²) in [4.78, 5) is 30.7. The van der Waals surface area contributed by atoms with Gasteiger partial charge in [-0.05, 0) is 24.3 Å². The molecule has 3 aromatic carbocycles. The topological polar surface area (TPSA) is 83.9 Å². The Morgan fingerprint density at radius 1 is 0.615 bits per heavy atom. The molecule has 6 rings (SSSR count). The van der Waals surface area contributed by atoms with Crippen LogP contribution in [0.4, 0.5) is 0 Å². The maximum atomic E-state index is 11.6. The molecule has 0 fully saturated rings. The van der Waals surface area contributed by atoms with Gasteiger partial charge in [-0.2, -0.15) is 36.4 Å². The van der Waals surface area contributed by atoms with Crippen molar-refractivity contribution in [3.05, 3.63) is 157 Å². The molecule has 0 atom stereocenters. The summed E-state index contributed by atoms with van der Waals surface area (Å²) in [6, 6.07) is 40.6. The van der Waals surface area contributed by atoms with Gasteiger partial charge in [0.05, 0.1) is 11.4 Å². The Labute approximate surface area is 239 Å². The van der Waals surface area contributed by atoms with Gasteiger partial charge >= 0.3 is 20.1 Å². The maximum absolute atomic E-state index is 11.6. The number of pyridine rings is 2. The van der Waals surface area contributed by atoms with Crippen LogP contribution in [0.2, 0.25) is 0 Å². The van der Waals surface area contributed by atoms with Gasteiger partial charge in [-0.25, -0.2) is 9.13 Å². The van der Waals surface area contributed by atoms with E-state index in [-0.39, 0.29) is 31.5 Å². The van der Waals surface area contributed by atoms with E-state index >= 15 is 0 Å². The molecule has 0 spiro atoms. The monoisotopic (exact) mass is 688 g/mol. The van der Waals surface area contributed by atoms with Gasteiger partial charge in [0.25, 0.3) is 0 Å². The Morgan fingerprint density at radius 2 is 1.05 bits per heavy atom. The minimum Gasteiger partial charge on any atom is -0.585 e. The zero-order valence-electron chi connectivity index (χ0n) is 20.5. The predicted octanol–water partition coefficient (Wildman–Crippen LogP) is 6.13. The number of nitrogens with zero attached hydrogens (tertiary/aromatic N) is 5. The molecule has 3 heterocycles. The van der Waals surface area contributed by atoms with Crippen molar-refractivity contribution in [1.82, 2.24) is 19.1 Å². The first-order chi connectivity index (χ1) is 18.7. The Kier molecular flexibility index (Phi) is 9.19. The van der Waals surface area contributed by atoms with Crippen molar-refractivity contribution in [3.8, 4) is 11.4 Å². The van der Waals surface area contributed by atoms with E-state index in [1.807, 2.05) is 36.4 Å². The van der Waals surface area contributed by atoms with Crippen LogP contribution in [-0.4, -0.2) is 30.9 Å². The molecule has 0 aliphatic carbocycles. The van der Waals surface area contributed by atoms with Crippen molar-refractivity contribution < 1.29 is 29.7 Å². The number of fused-ring (bicyclic) bond motifs is 1. The molecule has 0 N–H and O–H groups in total. The first-order valence-electron chi connectivity index (χ1n) is 11.8. The van der Waals surface area contributed by atoms with Crippen LogP contribution in [0.25, 0.3) is 27.7 Å². The largest absolute Gasteiger partial charge is 3.00 e. The van der Waals surface area contributed by atoms with Crippen molar-refractivity contribution in [3.63, 3.8) is 0 Å². The van der Waals surface area contributed by atoms with E-state index in [2.05, 4.69) is 79.3 Å². The van der Waals surface area contributed by atoms with E-state index in [4.69, 9.17) is 0 Å². The Balaban J connectivity index is 0.000000181. The minimum absolute atomic E-state index is 0. The molecule has 0 saturated heterocycles. The minimum atomic E-state index is -0.666. The Morgan fingerprint density at radius 3 is 1.44 bits per heavy atom. The number of hydrogen-bond acceptors (Lipinski definition) is 4. The van der Waals surface area contributed by atoms with Crippen molar-refractivity contribution >= 4 is 22.8 Å². The number of aromatic nitrogens is 4. The number of carbonyl (C=O) groups excluding carboxylic acids is 2. The number of imide groups is 1. The molecule has 2 amide bonds. The van der Waals surface area contributed by atoms with Crippen LogP contribution in [0.5, 0.6) is 0 Å². The second-order valence-electron chi connectivity index (χ2n) is 7.99. The van der Waals surface area contributed by atoms with E-state index in [9.17, 15) is 9.59 Å². The number of amides is 2. The number of carbonyl (C=O) groups is 2. The van der Waals surface area contributed by atoms with Crippen LogP contribution in [0.3, 0.4) is 0 Å². The summed E-state index contributed by atoms with van der Waals surface area (Å²) in [5.74, 6) is -1.33. The molecule has 6 aromatic rings. The molecule has 0 bridgehead atoms. The van der Waals surface area contributed by atoms with Crippen LogP contribution in [0.15, 0.2) is 128 Å². The summed E-state index contributed by atoms with van der Waals surface area (Å²) < 4.78 is 4.30. The molecule has 0 unspecified atom stereocenters. The van der Waals surface area contributed by atoms with Gasteiger partial charge in [0.15, 0.2) is 17.4 Å². The van der Waals surface area contributed by atoms with Gasteiger partial charge in [-0.1, -0.05) is 24.3 Å². The van der Waals surface area contributed by atoms with E-state index in [0.717, 1.165) is 22.4 Å². The molecule has 3 aromatic heterocycles. The average molecular weight is 688 g/mol. The zero-order chi connectivity index (χ0) is 26.2. The van der Waals surface area contributed by atoms with Gasteiger partial charge in [-0.3, -0.25) is 9.97 Å². The fourth-order valence-electron chi connectivity index (χ4n) is 3.75. The summed E-state index contributed by atoms with van der Waals surface area (Å²) >= 11 is 0. The fourth-order valence-corrected chi connectivity index (χ4v) is 3.75. The normalized spacial score (nSPS) is 10.1. The van der Waals surface area contributed by atoms with Crippen LogP contribution in [0.1, 0.15) is 21.0 Å². The van der Waals surface area contributed by atoms with Crippen LogP contribution in [-0.2, 0) is 20.1 Å². The Bertz CT molecular complexity index is 1540. The summed E-state index contributed by atoms with van der Waals surface area (Å²) in [6.07, 6.45) is 5.02. The number of imidazole rings is 1. The zero-order valence-corrected chi connectivity index (χ0v) is 22.9. The van der Waals surface area contributed by atoms with Gasteiger partial charge < -0.3 is 14.9 Å². The molecule has 0 radical (unpaired) electrons. The number of benzene rings is 3. The molecule has 0 aliphatic heterocycles. The SMILES string of the molecule is O=C([N-]C(=O)c1ccccn1)c1ccccn1.[Ir+3].[c-]1ccccc1-n1[cH+]n(-c2[c-]cccc2)c2ccccc21. The van der Waals surface area contributed by atoms with Crippen LogP contribution in [0, 0.1) is 12.1 Å². The number of para-hydroxylation sites is 4. The first-order valence-corrected chi connectivity index (χ1v) is 11.8. The van der Waals surface area contributed by atoms with E-state index < -0.39 is 11.8 Å². The van der Waals surface area contributed by atoms with Gasteiger partial charge in [0.2, 0.25) is 0 Å². The molecule has 8 heteroatoms. The molecule has 0 saturated carbocycles. The molecule has 0 aliphatic rings. The second kappa shape index (κ2) is 13.1. The Hall–Kier alpha value is -4.78. The predicted molar refractivity (Wildman–Crippen MR) is 145 cm³/mol. The summed E-state index contributed by atoms with van der Waals surface area (Å²) in [5.41, 5.74) is 4.63. The summed E-state index contributed by atoms with van der Waals surface area (Å²) in [6.45, 7) is 0. The molecule has 190 valence electrons. The van der Waals surface area contributed by atoms with E-state index in [1.165, 1.54) is 24.5 Å². The van der Waals surface area contributed by atoms with Crippen molar-refractivity contribution in [2.24, 2.45) is 0 Å². The van der Waals surface area contributed by atoms with Gasteiger partial charge in [-0.15, -0.1) is 24.3 Å². The molecule has 39 heavy (non-hydrogen) atoms. The average Bonchev–Trinajstić information content (AvgIpc) is 3.39. The quantitative estimate of drug-likeness (QED) is 0.165. The van der Waals surface area contributed by atoms with Crippen molar-refractivity contribution in [2.75, 3.05) is 0 Å². The van der Waals surface area contributed by atoms with Crippen LogP contribution < -0.4 is 0 Å². The third kappa shape index (κ3) is 6.57. The van der Waals surface area contributed by atoms with Gasteiger partial charge in [0, 0.05) is 35.9 Å². The first kappa shape index (κ1) is 27.3. The fraction of sp³-hybridized carbons (Fsp3) is 0. The van der Waals surface area contributed by atoms with Gasteiger partial charge in [0.1, 0.15) is 11.8 Å². The van der Waals surface area contributed by atoms with Crippen molar-refractivity contribution in [2.45, 2.75) is 0 Å². The third-order valence-corrected chi connectivity index (χ3v) is 5.51. The maximum Gasteiger partial charge on any atom is 3.00 e. The molecular weight excluding hydrogens is 667 g/mol. The van der Waals surface area contributed by atoms with E-state index in [0.29, 0.717) is 0 Å². The number of hydrogen-bond donors (Lipinski definition) is 0. The molecular formula is C31H21IrN5O2+. The summed E-state index contributed by atoms with van der Waals surface area (Å²) in [5, 5.41) is 3.41. The van der Waals surface area contributed by atoms with E-state index in [1.54, 1.807) is 24.3 Å². The van der Waals surface area contributed by atoms with Crippen LogP contribution >= 0.6 is 0 Å². The number of rotatable bonds is 4. The second-order valence-corrected chi connectivity index (χ2v) is 7.99. The smallest absolute Gasteiger partial charge is 0.585 e.